The van der Waals surface area contributed by atoms with Gasteiger partial charge in [-0.25, -0.2) is 4.98 Å². The fraction of sp³-hybridized carbons (Fsp3) is 0.357. The highest BCUT2D eigenvalue weighted by molar-refractivity contribution is 6.30. The van der Waals surface area contributed by atoms with Crippen molar-refractivity contribution in [3.05, 3.63) is 70.8 Å². The summed E-state index contributed by atoms with van der Waals surface area (Å²) in [4.78, 5) is 32.2. The molecule has 40 heavy (non-hydrogen) atoms. The van der Waals surface area contributed by atoms with Crippen molar-refractivity contribution in [2.24, 2.45) is 5.73 Å². The summed E-state index contributed by atoms with van der Waals surface area (Å²) in [6.45, 7) is 2.10. The number of nitrogens with two attached hydrogens (primary N) is 1. The topological polar surface area (TPSA) is 165 Å². The number of esters is 1. The molecule has 2 heterocycles. The number of halogens is 1. The fourth-order valence-electron chi connectivity index (χ4n) is 4.44. The minimum atomic E-state index is -0.770. The lowest BCUT2D eigenvalue weighted by molar-refractivity contribution is -0.152. The molecule has 0 saturated carbocycles. The third-order valence-electron chi connectivity index (χ3n) is 6.57. The summed E-state index contributed by atoms with van der Waals surface area (Å²) in [6.07, 6.45) is 2.46. The van der Waals surface area contributed by atoms with E-state index in [9.17, 15) is 9.59 Å². The van der Waals surface area contributed by atoms with Gasteiger partial charge in [0.1, 0.15) is 18.0 Å². The summed E-state index contributed by atoms with van der Waals surface area (Å²) in [5.74, 6) is 0.161. The van der Waals surface area contributed by atoms with Crippen LogP contribution in [0.2, 0.25) is 5.15 Å². The average Bonchev–Trinajstić information content (AvgIpc) is 3.62. The van der Waals surface area contributed by atoms with Crippen LogP contribution >= 0.6 is 11.6 Å². The Morgan fingerprint density at radius 1 is 1.15 bits per heavy atom. The first kappa shape index (κ1) is 28.9. The van der Waals surface area contributed by atoms with Gasteiger partial charge in [-0.2, -0.15) is 5.21 Å². The van der Waals surface area contributed by atoms with E-state index in [1.807, 2.05) is 48.5 Å². The van der Waals surface area contributed by atoms with Gasteiger partial charge in [0.25, 0.3) is 0 Å². The lowest BCUT2D eigenvalue weighted by Gasteiger charge is -2.22. The van der Waals surface area contributed by atoms with Gasteiger partial charge in [0.2, 0.25) is 11.7 Å². The number of hydrogen-bond acceptors (Lipinski definition) is 8. The quantitative estimate of drug-likeness (QED) is 0.167. The minimum Gasteiger partial charge on any atom is -0.454 e. The smallest absolute Gasteiger partial charge is 0.323 e. The summed E-state index contributed by atoms with van der Waals surface area (Å²) in [6, 6.07) is 15.1. The Kier molecular flexibility index (Phi) is 9.98. The van der Waals surface area contributed by atoms with E-state index in [1.165, 1.54) is 0 Å². The van der Waals surface area contributed by atoms with Crippen LogP contribution in [0.15, 0.2) is 48.5 Å². The Bertz CT molecular complexity index is 1410. The molecule has 2 aromatic heterocycles. The molecule has 0 aliphatic heterocycles. The number of carbonyl (C=O) groups is 2. The predicted octanol–water partition coefficient (Wildman–Crippen LogP) is 3.93. The molecule has 0 bridgehead atoms. The van der Waals surface area contributed by atoms with Gasteiger partial charge in [0, 0.05) is 24.8 Å². The number of unbranched alkanes of at least 4 members (excludes halogenated alkanes) is 1. The van der Waals surface area contributed by atoms with E-state index in [2.05, 4.69) is 42.8 Å². The van der Waals surface area contributed by atoms with Crippen molar-refractivity contribution in [3.63, 3.8) is 0 Å². The Balaban J connectivity index is 1.68. The molecule has 2 atom stereocenters. The SMILES string of the molecule is CCCCc1nc(Cl)c([C@H](Cc2ccc(-c3ccccc3)c(-c3nn[nH]n3)c2)OC(=O)[C@H](CCC(N)=O)NC)[nH]1. The molecule has 11 nitrogen and oxygen atoms in total. The molecule has 0 saturated heterocycles. The number of nitrogens with one attached hydrogen (secondary N) is 3. The number of likely N-dealkylation sites (N-methyl/N-ethyl adjacent to an activating group) is 1. The summed E-state index contributed by atoms with van der Waals surface area (Å²) in [5.41, 5.74) is 9.37. The molecule has 4 aromatic rings. The minimum absolute atomic E-state index is 0.0479. The molecule has 5 N–H and O–H groups in total. The van der Waals surface area contributed by atoms with Crippen LogP contribution in [0.1, 0.15) is 55.8 Å². The van der Waals surface area contributed by atoms with Crippen molar-refractivity contribution in [2.45, 2.75) is 57.6 Å². The molecular formula is C28H33ClN8O3. The molecule has 0 spiro atoms. The second-order valence-electron chi connectivity index (χ2n) is 9.45. The number of aryl methyl sites for hydroxylation is 1. The number of H-pyrrole nitrogens is 2. The predicted molar refractivity (Wildman–Crippen MR) is 151 cm³/mol. The van der Waals surface area contributed by atoms with Crippen LogP contribution in [-0.4, -0.2) is 55.6 Å². The molecule has 0 fully saturated rings. The molecule has 4 rings (SSSR count). The fourth-order valence-corrected chi connectivity index (χ4v) is 4.72. The molecular weight excluding hydrogens is 532 g/mol. The van der Waals surface area contributed by atoms with Crippen molar-refractivity contribution in [1.29, 1.82) is 0 Å². The number of amides is 1. The maximum atomic E-state index is 13.2. The Morgan fingerprint density at radius 3 is 2.62 bits per heavy atom. The van der Waals surface area contributed by atoms with Gasteiger partial charge in [0.15, 0.2) is 5.15 Å². The van der Waals surface area contributed by atoms with Gasteiger partial charge < -0.3 is 20.8 Å². The summed E-state index contributed by atoms with van der Waals surface area (Å²) < 4.78 is 6.01. The molecule has 1 amide bonds. The first-order valence-corrected chi connectivity index (χ1v) is 13.6. The van der Waals surface area contributed by atoms with Gasteiger partial charge in [-0.3, -0.25) is 9.59 Å². The first-order valence-electron chi connectivity index (χ1n) is 13.2. The monoisotopic (exact) mass is 564 g/mol. The molecule has 0 unspecified atom stereocenters. The average molecular weight is 565 g/mol. The highest BCUT2D eigenvalue weighted by atomic mass is 35.5. The molecule has 0 radical (unpaired) electrons. The summed E-state index contributed by atoms with van der Waals surface area (Å²) in [7, 11) is 1.63. The standard InChI is InChI=1S/C28H33ClN8O3/c1-3-4-10-24-32-25(26(29)33-24)22(40-28(39)21(31-2)13-14-23(30)38)16-17-11-12-19(18-8-6-5-7-9-18)20(15-17)27-34-36-37-35-27/h5-9,11-12,15,21-22,31H,3-4,10,13-14,16H2,1-2H3,(H2,30,38)(H,32,33)(H,34,35,36,37)/t21-,22-/m0/s1. The van der Waals surface area contributed by atoms with Crippen LogP contribution in [0, 0.1) is 0 Å². The number of benzene rings is 2. The number of rotatable bonds is 14. The zero-order chi connectivity index (χ0) is 28.5. The van der Waals surface area contributed by atoms with Crippen molar-refractivity contribution in [3.8, 4) is 22.5 Å². The lowest BCUT2D eigenvalue weighted by Crippen LogP contribution is -2.37. The van der Waals surface area contributed by atoms with Crippen molar-refractivity contribution in [2.75, 3.05) is 7.05 Å². The number of tetrazole rings is 1. The van der Waals surface area contributed by atoms with Gasteiger partial charge >= 0.3 is 5.97 Å². The van der Waals surface area contributed by atoms with Gasteiger partial charge in [-0.15, -0.1) is 10.2 Å². The number of aromatic amines is 2. The summed E-state index contributed by atoms with van der Waals surface area (Å²) in [5, 5.41) is 17.8. The van der Waals surface area contributed by atoms with E-state index in [4.69, 9.17) is 22.1 Å². The summed E-state index contributed by atoms with van der Waals surface area (Å²) >= 11 is 6.56. The number of aromatic nitrogens is 6. The molecule has 0 aliphatic rings. The first-order chi connectivity index (χ1) is 19.4. The second-order valence-corrected chi connectivity index (χ2v) is 9.81. The number of carbonyl (C=O) groups excluding carboxylic acids is 2. The van der Waals surface area contributed by atoms with E-state index in [1.54, 1.807) is 7.05 Å². The van der Waals surface area contributed by atoms with Crippen LogP contribution in [0.4, 0.5) is 0 Å². The van der Waals surface area contributed by atoms with E-state index in [0.717, 1.165) is 47.3 Å². The molecule has 210 valence electrons. The van der Waals surface area contributed by atoms with E-state index in [0.29, 0.717) is 17.9 Å². The maximum Gasteiger partial charge on any atom is 0.323 e. The van der Waals surface area contributed by atoms with Gasteiger partial charge in [-0.1, -0.05) is 67.4 Å². The normalized spacial score (nSPS) is 12.7. The van der Waals surface area contributed by atoms with Crippen molar-refractivity contribution < 1.29 is 14.3 Å². The Morgan fingerprint density at radius 2 is 1.95 bits per heavy atom. The van der Waals surface area contributed by atoms with Crippen LogP contribution in [0.5, 0.6) is 0 Å². The van der Waals surface area contributed by atoms with Crippen LogP contribution in [0.3, 0.4) is 0 Å². The van der Waals surface area contributed by atoms with Crippen molar-refractivity contribution >= 4 is 23.5 Å². The number of ether oxygens (including phenoxy) is 1. The zero-order valence-electron chi connectivity index (χ0n) is 22.5. The van der Waals surface area contributed by atoms with Crippen LogP contribution < -0.4 is 11.1 Å². The van der Waals surface area contributed by atoms with Crippen LogP contribution in [-0.2, 0) is 27.2 Å². The highest BCUT2D eigenvalue weighted by Crippen LogP contribution is 2.34. The third-order valence-corrected chi connectivity index (χ3v) is 6.86. The number of imidazole rings is 1. The Labute approximate surface area is 237 Å². The van der Waals surface area contributed by atoms with E-state index >= 15 is 0 Å². The highest BCUT2D eigenvalue weighted by Gasteiger charge is 2.28. The number of primary amides is 1. The lowest BCUT2D eigenvalue weighted by atomic mass is 9.95. The largest absolute Gasteiger partial charge is 0.454 e. The van der Waals surface area contributed by atoms with Crippen LogP contribution in [0.25, 0.3) is 22.5 Å². The second kappa shape index (κ2) is 13.8. The molecule has 12 heteroatoms. The van der Waals surface area contributed by atoms with Gasteiger partial charge in [0.05, 0.1) is 5.69 Å². The number of nitrogens with zero attached hydrogens (tertiary/aromatic N) is 4. The Hall–Kier alpha value is -4.09. The van der Waals surface area contributed by atoms with Gasteiger partial charge in [-0.05, 0) is 47.9 Å². The van der Waals surface area contributed by atoms with Crippen molar-refractivity contribution in [1.82, 2.24) is 35.9 Å². The molecule has 0 aliphatic carbocycles. The number of hydrogen-bond donors (Lipinski definition) is 4. The third kappa shape index (κ3) is 7.30. The maximum absolute atomic E-state index is 13.2. The van der Waals surface area contributed by atoms with E-state index in [-0.39, 0.29) is 18.0 Å². The molecule has 2 aromatic carbocycles. The van der Waals surface area contributed by atoms with E-state index < -0.39 is 24.0 Å². The zero-order valence-corrected chi connectivity index (χ0v) is 23.2.